The summed E-state index contributed by atoms with van der Waals surface area (Å²) in [5.74, 6) is -0.752. The van der Waals surface area contributed by atoms with Gasteiger partial charge in [-0.15, -0.1) is 0 Å². The summed E-state index contributed by atoms with van der Waals surface area (Å²) >= 11 is 6.25. The van der Waals surface area contributed by atoms with Gasteiger partial charge in [-0.3, -0.25) is 9.69 Å². The van der Waals surface area contributed by atoms with Gasteiger partial charge in [-0.05, 0) is 29.8 Å². The quantitative estimate of drug-likeness (QED) is 0.925. The summed E-state index contributed by atoms with van der Waals surface area (Å²) < 4.78 is 13.1. The van der Waals surface area contributed by atoms with Crippen LogP contribution in [0.2, 0.25) is 5.02 Å². The zero-order valence-electron chi connectivity index (χ0n) is 13.2. The molecule has 1 saturated heterocycles. The molecule has 3 rings (SSSR count). The summed E-state index contributed by atoms with van der Waals surface area (Å²) in [5, 5.41) is 0.718. The highest BCUT2D eigenvalue weighted by atomic mass is 35.5. The fraction of sp³-hybridized carbons (Fsp3) is 0.278. The lowest BCUT2D eigenvalue weighted by atomic mass is 10.0. The molecule has 1 amide bonds. The topological polar surface area (TPSA) is 49.6 Å². The molecule has 0 saturated carbocycles. The van der Waals surface area contributed by atoms with Crippen molar-refractivity contribution in [3.63, 3.8) is 0 Å². The first kappa shape index (κ1) is 16.7. The molecule has 1 aliphatic heterocycles. The maximum absolute atomic E-state index is 13.1. The summed E-state index contributed by atoms with van der Waals surface area (Å²) in [6.45, 7) is 2.84. The van der Waals surface area contributed by atoms with E-state index in [9.17, 15) is 9.18 Å². The summed E-state index contributed by atoms with van der Waals surface area (Å²) in [6.07, 6.45) is 0. The number of primary amides is 1. The Morgan fingerprint density at radius 2 is 1.67 bits per heavy atom. The minimum atomic E-state index is -0.543. The molecular weight excluding hydrogens is 329 g/mol. The average Bonchev–Trinajstić information content (AvgIpc) is 2.58. The third-order valence-electron chi connectivity index (χ3n) is 4.33. The maximum atomic E-state index is 13.1. The minimum Gasteiger partial charge on any atom is -0.368 e. The lowest BCUT2D eigenvalue weighted by Gasteiger charge is -2.39. The average molecular weight is 348 g/mol. The van der Waals surface area contributed by atoms with Gasteiger partial charge in [0.15, 0.2) is 0 Å². The second kappa shape index (κ2) is 7.20. The molecule has 1 unspecified atom stereocenters. The lowest BCUT2D eigenvalue weighted by Crippen LogP contribution is -2.50. The smallest absolute Gasteiger partial charge is 0.239 e. The van der Waals surface area contributed by atoms with E-state index in [2.05, 4.69) is 4.90 Å². The number of carbonyl (C=O) groups is 1. The van der Waals surface area contributed by atoms with Crippen molar-refractivity contribution in [3.8, 4) is 0 Å². The minimum absolute atomic E-state index is 0.328. The zero-order valence-corrected chi connectivity index (χ0v) is 13.9. The van der Waals surface area contributed by atoms with Crippen molar-refractivity contribution in [1.82, 2.24) is 4.90 Å². The van der Waals surface area contributed by atoms with Crippen LogP contribution in [-0.2, 0) is 4.79 Å². The molecule has 4 nitrogen and oxygen atoms in total. The Morgan fingerprint density at radius 1 is 1.04 bits per heavy atom. The van der Waals surface area contributed by atoms with Gasteiger partial charge >= 0.3 is 0 Å². The zero-order chi connectivity index (χ0) is 17.1. The van der Waals surface area contributed by atoms with E-state index in [1.165, 1.54) is 12.1 Å². The van der Waals surface area contributed by atoms with E-state index >= 15 is 0 Å². The van der Waals surface area contributed by atoms with Crippen molar-refractivity contribution in [3.05, 3.63) is 64.9 Å². The van der Waals surface area contributed by atoms with Crippen LogP contribution in [0.3, 0.4) is 0 Å². The number of piperazine rings is 1. The van der Waals surface area contributed by atoms with E-state index in [1.54, 1.807) is 12.1 Å². The largest absolute Gasteiger partial charge is 0.368 e. The first-order valence-electron chi connectivity index (χ1n) is 7.84. The van der Waals surface area contributed by atoms with Crippen LogP contribution >= 0.6 is 11.6 Å². The van der Waals surface area contributed by atoms with Gasteiger partial charge in [0.2, 0.25) is 5.91 Å². The molecule has 6 heteroatoms. The molecule has 2 aromatic rings. The molecule has 1 atom stereocenters. The lowest BCUT2D eigenvalue weighted by molar-refractivity contribution is -0.123. The molecule has 2 N–H and O–H groups in total. The van der Waals surface area contributed by atoms with Crippen molar-refractivity contribution in [2.24, 2.45) is 5.73 Å². The molecule has 0 aliphatic carbocycles. The number of carbonyl (C=O) groups excluding carboxylic acids is 1. The maximum Gasteiger partial charge on any atom is 0.239 e. The van der Waals surface area contributed by atoms with E-state index in [4.69, 9.17) is 17.3 Å². The van der Waals surface area contributed by atoms with Gasteiger partial charge in [-0.1, -0.05) is 35.9 Å². The van der Waals surface area contributed by atoms with Gasteiger partial charge in [-0.25, -0.2) is 4.39 Å². The summed E-state index contributed by atoms with van der Waals surface area (Å²) in [6, 6.07) is 13.1. The van der Waals surface area contributed by atoms with Crippen molar-refractivity contribution < 1.29 is 9.18 Å². The van der Waals surface area contributed by atoms with Gasteiger partial charge in [0.25, 0.3) is 0 Å². The highest BCUT2D eigenvalue weighted by molar-refractivity contribution is 6.33. The number of nitrogens with two attached hydrogens (primary N) is 1. The Labute approximate surface area is 145 Å². The number of hydrogen-bond acceptors (Lipinski definition) is 3. The van der Waals surface area contributed by atoms with Crippen LogP contribution in [0.15, 0.2) is 48.5 Å². The monoisotopic (exact) mass is 347 g/mol. The number of anilines is 1. The molecule has 2 aromatic carbocycles. The van der Waals surface area contributed by atoms with Crippen molar-refractivity contribution in [1.29, 1.82) is 0 Å². The summed E-state index contributed by atoms with van der Waals surface area (Å²) in [7, 11) is 0. The molecule has 0 spiro atoms. The van der Waals surface area contributed by atoms with Gasteiger partial charge < -0.3 is 10.6 Å². The number of nitrogens with zero attached hydrogens (tertiary/aromatic N) is 2. The molecule has 24 heavy (non-hydrogen) atoms. The van der Waals surface area contributed by atoms with Gasteiger partial charge in [0.05, 0.1) is 10.7 Å². The normalized spacial score (nSPS) is 16.8. The number of rotatable bonds is 4. The van der Waals surface area contributed by atoms with E-state index < -0.39 is 11.9 Å². The Kier molecular flexibility index (Phi) is 5.02. The Bertz CT molecular complexity index is 714. The number of para-hydroxylation sites is 1. The third-order valence-corrected chi connectivity index (χ3v) is 4.65. The van der Waals surface area contributed by atoms with Crippen LogP contribution in [0, 0.1) is 5.82 Å². The van der Waals surface area contributed by atoms with Crippen LogP contribution in [0.5, 0.6) is 0 Å². The van der Waals surface area contributed by atoms with Crippen molar-refractivity contribution in [2.75, 3.05) is 31.1 Å². The van der Waals surface area contributed by atoms with Gasteiger partial charge in [0, 0.05) is 26.2 Å². The standard InChI is InChI=1S/C18H19ClFN3O/c19-15-3-1-2-4-16(15)22-9-11-23(12-10-22)17(18(21)24)13-5-7-14(20)8-6-13/h1-8,17H,9-12H2,(H2,21,24). The molecule has 0 bridgehead atoms. The molecule has 0 aromatic heterocycles. The van der Waals surface area contributed by atoms with Crippen molar-refractivity contribution in [2.45, 2.75) is 6.04 Å². The van der Waals surface area contributed by atoms with E-state index in [0.29, 0.717) is 13.1 Å². The number of hydrogen-bond donors (Lipinski definition) is 1. The highest BCUT2D eigenvalue weighted by Crippen LogP contribution is 2.28. The van der Waals surface area contributed by atoms with E-state index in [1.807, 2.05) is 29.2 Å². The first-order chi connectivity index (χ1) is 11.6. The predicted octanol–water partition coefficient (Wildman–Crippen LogP) is 2.83. The Hall–Kier alpha value is -2.11. The SMILES string of the molecule is NC(=O)C(c1ccc(F)cc1)N1CCN(c2ccccc2Cl)CC1. The second-order valence-corrected chi connectivity index (χ2v) is 6.24. The van der Waals surface area contributed by atoms with Crippen LogP contribution in [0.4, 0.5) is 10.1 Å². The van der Waals surface area contributed by atoms with Crippen LogP contribution in [0.25, 0.3) is 0 Å². The number of amides is 1. The summed E-state index contributed by atoms with van der Waals surface area (Å²) in [5.41, 5.74) is 7.31. The van der Waals surface area contributed by atoms with Crippen LogP contribution < -0.4 is 10.6 Å². The van der Waals surface area contributed by atoms with Crippen LogP contribution in [-0.4, -0.2) is 37.0 Å². The fourth-order valence-electron chi connectivity index (χ4n) is 3.13. The third kappa shape index (κ3) is 3.52. The Morgan fingerprint density at radius 3 is 2.25 bits per heavy atom. The molecule has 1 fully saturated rings. The van der Waals surface area contributed by atoms with E-state index in [-0.39, 0.29) is 5.82 Å². The molecule has 1 heterocycles. The van der Waals surface area contributed by atoms with Gasteiger partial charge in [0.1, 0.15) is 11.9 Å². The molecule has 1 aliphatic rings. The summed E-state index contributed by atoms with van der Waals surface area (Å²) in [4.78, 5) is 16.2. The molecule has 0 radical (unpaired) electrons. The van der Waals surface area contributed by atoms with E-state index in [0.717, 1.165) is 29.4 Å². The molecular formula is C18H19ClFN3O. The molecule has 126 valence electrons. The van der Waals surface area contributed by atoms with Crippen LogP contribution in [0.1, 0.15) is 11.6 Å². The first-order valence-corrected chi connectivity index (χ1v) is 8.22. The fourth-order valence-corrected chi connectivity index (χ4v) is 3.38. The van der Waals surface area contributed by atoms with Crippen molar-refractivity contribution >= 4 is 23.2 Å². The Balaban J connectivity index is 1.73. The predicted molar refractivity (Wildman–Crippen MR) is 93.6 cm³/mol. The van der Waals surface area contributed by atoms with Gasteiger partial charge in [-0.2, -0.15) is 0 Å². The number of benzene rings is 2. The number of halogens is 2. The second-order valence-electron chi connectivity index (χ2n) is 5.83. The highest BCUT2D eigenvalue weighted by Gasteiger charge is 2.29.